The molecule has 0 radical (unpaired) electrons. The lowest BCUT2D eigenvalue weighted by molar-refractivity contribution is -0.332. The number of rotatable bonds is 7. The molecule has 0 saturated heterocycles. The van der Waals surface area contributed by atoms with Crippen molar-refractivity contribution in [2.24, 2.45) is 28.1 Å². The third-order valence-corrected chi connectivity index (χ3v) is 7.38. The second-order valence-electron chi connectivity index (χ2n) is 8.36. The molecule has 2 saturated carbocycles. The van der Waals surface area contributed by atoms with E-state index >= 15 is 0 Å². The summed E-state index contributed by atoms with van der Waals surface area (Å²) in [5.41, 5.74) is -11.1. The summed E-state index contributed by atoms with van der Waals surface area (Å²) >= 11 is 0. The predicted molar refractivity (Wildman–Crippen MR) is 93.8 cm³/mol. The lowest BCUT2D eigenvalue weighted by Crippen LogP contribution is -2.73. The minimum atomic E-state index is -5.87. The molecular weight excluding hydrogens is 432 g/mol. The molecule has 2 aliphatic carbocycles. The van der Waals surface area contributed by atoms with Crippen LogP contribution in [0.25, 0.3) is 0 Å². The van der Waals surface area contributed by atoms with E-state index in [1.54, 1.807) is 0 Å². The Bertz CT molecular complexity index is 714. The molecule has 176 valence electrons. The summed E-state index contributed by atoms with van der Waals surface area (Å²) in [5.74, 6) is -12.9. The molecule has 0 aliphatic heterocycles. The Kier molecular flexibility index (Phi) is 6.63. The number of hydrogen-bond donors (Lipinski definition) is 4. The Balaban J connectivity index is 3.10. The van der Waals surface area contributed by atoms with Crippen LogP contribution in [0.5, 0.6) is 0 Å². The molecule has 0 heterocycles. The molecule has 0 bridgehead atoms. The van der Waals surface area contributed by atoms with Crippen LogP contribution < -0.4 is 0 Å². The molecule has 12 heteroatoms. The van der Waals surface area contributed by atoms with Crippen molar-refractivity contribution in [2.75, 3.05) is 6.67 Å². The molecule has 31 heavy (non-hydrogen) atoms. The Morgan fingerprint density at radius 2 is 1.10 bits per heavy atom. The predicted octanol–water partition coefficient (Wildman–Crippen LogP) is 3.20. The average molecular weight is 456 g/mol. The van der Waals surface area contributed by atoms with Crippen LogP contribution >= 0.6 is 0 Å². The first-order valence-corrected chi connectivity index (χ1v) is 9.83. The van der Waals surface area contributed by atoms with Gasteiger partial charge >= 0.3 is 30.1 Å². The van der Waals surface area contributed by atoms with Crippen LogP contribution in [0.3, 0.4) is 0 Å². The van der Waals surface area contributed by atoms with Crippen LogP contribution in [0, 0.1) is 28.1 Å². The van der Waals surface area contributed by atoms with Gasteiger partial charge in [0.05, 0.1) is 22.7 Å². The molecule has 8 nitrogen and oxygen atoms in total. The summed E-state index contributed by atoms with van der Waals surface area (Å²) in [6.07, 6.45) is -9.13. The van der Waals surface area contributed by atoms with E-state index in [1.165, 1.54) is 0 Å². The van der Waals surface area contributed by atoms with Crippen LogP contribution in [-0.4, -0.2) is 57.2 Å². The van der Waals surface area contributed by atoms with Gasteiger partial charge in [0.25, 0.3) is 0 Å². The zero-order chi connectivity index (χ0) is 23.8. The van der Waals surface area contributed by atoms with Crippen molar-refractivity contribution in [1.29, 1.82) is 0 Å². The molecule has 2 aliphatic rings. The monoisotopic (exact) mass is 456 g/mol. The minimum Gasteiger partial charge on any atom is -0.481 e. The van der Waals surface area contributed by atoms with Crippen molar-refractivity contribution in [1.82, 2.24) is 0 Å². The smallest absolute Gasteiger partial charge is 0.399 e. The lowest BCUT2D eigenvalue weighted by Gasteiger charge is -2.60. The van der Waals surface area contributed by atoms with E-state index in [4.69, 9.17) is 0 Å². The van der Waals surface area contributed by atoms with Gasteiger partial charge in [-0.15, -0.1) is 0 Å². The zero-order valence-electron chi connectivity index (χ0n) is 16.5. The van der Waals surface area contributed by atoms with Gasteiger partial charge in [-0.2, -0.15) is 13.2 Å². The molecule has 0 amide bonds. The molecule has 0 aromatic heterocycles. The van der Waals surface area contributed by atoms with Crippen LogP contribution in [0.4, 0.5) is 17.6 Å². The molecule has 2 rings (SSSR count). The van der Waals surface area contributed by atoms with Crippen LogP contribution in [0.2, 0.25) is 0 Å². The average Bonchev–Trinajstić information content (AvgIpc) is 2.67. The van der Waals surface area contributed by atoms with Gasteiger partial charge in [0.15, 0.2) is 0 Å². The van der Waals surface area contributed by atoms with Gasteiger partial charge in [-0.25, -0.2) is 0 Å². The van der Waals surface area contributed by atoms with Crippen molar-refractivity contribution in [3.8, 4) is 0 Å². The summed E-state index contributed by atoms with van der Waals surface area (Å²) in [6, 6.07) is 0. The number of carboxylic acid groups (broad SMARTS) is 4. The van der Waals surface area contributed by atoms with Gasteiger partial charge in [-0.1, -0.05) is 25.7 Å². The SMILES string of the molecule is O=C(O)C1CCCCC1(C(=O)O)C(CF)(C(F)(F)F)C1(C(=O)O)CCCCC1C(=O)O. The third kappa shape index (κ3) is 3.16. The van der Waals surface area contributed by atoms with Gasteiger partial charge in [-0.05, 0) is 25.7 Å². The molecule has 0 aromatic rings. The molecular formula is C19H24F4O8. The summed E-state index contributed by atoms with van der Waals surface area (Å²) < 4.78 is 59.5. The summed E-state index contributed by atoms with van der Waals surface area (Å²) in [7, 11) is 0. The van der Waals surface area contributed by atoms with E-state index in [0.29, 0.717) is 0 Å². The third-order valence-electron chi connectivity index (χ3n) is 7.38. The Hall–Kier alpha value is -2.40. The van der Waals surface area contributed by atoms with Crippen molar-refractivity contribution in [3.05, 3.63) is 0 Å². The first-order valence-electron chi connectivity index (χ1n) is 9.83. The van der Waals surface area contributed by atoms with E-state index in [1.807, 2.05) is 0 Å². The number of alkyl halides is 4. The highest BCUT2D eigenvalue weighted by molar-refractivity contribution is 5.90. The fraction of sp³-hybridized carbons (Fsp3) is 0.789. The second kappa shape index (κ2) is 8.27. The second-order valence-corrected chi connectivity index (χ2v) is 8.36. The van der Waals surface area contributed by atoms with Gasteiger partial charge in [0, 0.05) is 0 Å². The molecule has 4 N–H and O–H groups in total. The van der Waals surface area contributed by atoms with E-state index in [0.717, 1.165) is 0 Å². The van der Waals surface area contributed by atoms with Crippen molar-refractivity contribution < 1.29 is 57.2 Å². The van der Waals surface area contributed by atoms with Crippen LogP contribution in [0.1, 0.15) is 51.4 Å². The fourth-order valence-electron chi connectivity index (χ4n) is 6.13. The van der Waals surface area contributed by atoms with Gasteiger partial charge in [0.1, 0.15) is 12.1 Å². The van der Waals surface area contributed by atoms with E-state index in [-0.39, 0.29) is 25.7 Å². The molecule has 0 spiro atoms. The van der Waals surface area contributed by atoms with Crippen LogP contribution in [0.15, 0.2) is 0 Å². The zero-order valence-corrected chi connectivity index (χ0v) is 16.5. The summed E-state index contributed by atoms with van der Waals surface area (Å²) in [5, 5.41) is 39.3. The highest BCUT2D eigenvalue weighted by Gasteiger charge is 2.84. The molecule has 4 unspecified atom stereocenters. The summed E-state index contributed by atoms with van der Waals surface area (Å²) in [4.78, 5) is 48.8. The Morgan fingerprint density at radius 1 is 0.742 bits per heavy atom. The highest BCUT2D eigenvalue weighted by Crippen LogP contribution is 2.71. The van der Waals surface area contributed by atoms with Gasteiger partial charge < -0.3 is 20.4 Å². The maximum Gasteiger partial charge on any atom is 0.399 e. The molecule has 0 aromatic carbocycles. The topological polar surface area (TPSA) is 149 Å². The minimum absolute atomic E-state index is 0.0502. The van der Waals surface area contributed by atoms with E-state index in [9.17, 15) is 57.2 Å². The fourth-order valence-corrected chi connectivity index (χ4v) is 6.13. The lowest BCUT2D eigenvalue weighted by atomic mass is 9.39. The van der Waals surface area contributed by atoms with Gasteiger partial charge in [0.2, 0.25) is 0 Å². The Morgan fingerprint density at radius 3 is 1.32 bits per heavy atom. The van der Waals surface area contributed by atoms with Gasteiger partial charge in [-0.3, -0.25) is 23.6 Å². The number of hydrogen-bond acceptors (Lipinski definition) is 4. The van der Waals surface area contributed by atoms with E-state index < -0.39 is 90.5 Å². The maximum atomic E-state index is 14.9. The normalized spacial score (nSPS) is 33.8. The summed E-state index contributed by atoms with van der Waals surface area (Å²) in [6.45, 7) is -2.57. The maximum absolute atomic E-state index is 14.9. The first-order chi connectivity index (χ1) is 14.3. The highest BCUT2D eigenvalue weighted by atomic mass is 19.4. The quantitative estimate of drug-likeness (QED) is 0.427. The number of aliphatic carboxylic acids is 4. The first kappa shape index (κ1) is 24.9. The number of carboxylic acids is 4. The Labute approximate surface area is 174 Å². The van der Waals surface area contributed by atoms with Crippen molar-refractivity contribution in [3.63, 3.8) is 0 Å². The van der Waals surface area contributed by atoms with Crippen LogP contribution in [-0.2, 0) is 19.2 Å². The largest absolute Gasteiger partial charge is 0.481 e. The van der Waals surface area contributed by atoms with Crippen molar-refractivity contribution >= 4 is 23.9 Å². The standard InChI is InChI=1S/C19H24F4O8/c20-9-18(19(21,22)23,16(14(28)29)7-3-1-5-10(16)12(24)25)17(15(30)31)8-4-2-6-11(17)13(26)27/h10-11H,1-9H2,(H,24,25)(H,26,27)(H,28,29)(H,30,31). The molecule has 4 atom stereocenters. The number of halogens is 4. The van der Waals surface area contributed by atoms with E-state index in [2.05, 4.69) is 0 Å². The van der Waals surface area contributed by atoms with Crippen molar-refractivity contribution in [2.45, 2.75) is 57.5 Å². The molecule has 2 fully saturated rings. The number of carbonyl (C=O) groups is 4.